The predicted molar refractivity (Wildman–Crippen MR) is 41.6 cm³/mol. The first-order chi connectivity index (χ1) is 4.20. The lowest BCUT2D eigenvalue weighted by atomic mass is 10.4. The van der Waals surface area contributed by atoms with Crippen molar-refractivity contribution in [2.24, 2.45) is 0 Å². The van der Waals surface area contributed by atoms with Crippen LogP contribution in [-0.4, -0.2) is 4.98 Å². The number of hydrogen-bond donors (Lipinski definition) is 0. The SMILES string of the molecule is Cc1cc(I)c(F)cn1. The molecule has 0 unspecified atom stereocenters. The van der Waals surface area contributed by atoms with Gasteiger partial charge in [-0.15, -0.1) is 0 Å². The largest absolute Gasteiger partial charge is 0.258 e. The highest BCUT2D eigenvalue weighted by Crippen LogP contribution is 2.08. The Morgan fingerprint density at radius 1 is 1.67 bits per heavy atom. The second-order valence-corrected chi connectivity index (χ2v) is 2.90. The van der Waals surface area contributed by atoms with E-state index >= 15 is 0 Å². The van der Waals surface area contributed by atoms with Gasteiger partial charge in [0.15, 0.2) is 5.82 Å². The zero-order valence-corrected chi connectivity index (χ0v) is 7.02. The Morgan fingerprint density at radius 3 is 2.78 bits per heavy atom. The van der Waals surface area contributed by atoms with Crippen LogP contribution in [0.3, 0.4) is 0 Å². The van der Waals surface area contributed by atoms with Gasteiger partial charge >= 0.3 is 0 Å². The van der Waals surface area contributed by atoms with Gasteiger partial charge < -0.3 is 0 Å². The van der Waals surface area contributed by atoms with Gasteiger partial charge in [0, 0.05) is 5.69 Å². The summed E-state index contributed by atoms with van der Waals surface area (Å²) in [6.45, 7) is 1.83. The number of hydrogen-bond acceptors (Lipinski definition) is 1. The molecule has 0 saturated carbocycles. The minimum atomic E-state index is -0.249. The summed E-state index contributed by atoms with van der Waals surface area (Å²) in [4.78, 5) is 3.76. The maximum atomic E-state index is 12.4. The Hall–Kier alpha value is -0.190. The molecule has 9 heavy (non-hydrogen) atoms. The Balaban J connectivity index is 3.17. The van der Waals surface area contributed by atoms with Crippen LogP contribution in [0.4, 0.5) is 4.39 Å². The van der Waals surface area contributed by atoms with Crippen LogP contribution in [0.1, 0.15) is 5.69 Å². The third-order valence-electron chi connectivity index (χ3n) is 0.945. The van der Waals surface area contributed by atoms with Gasteiger partial charge in [-0.3, -0.25) is 4.98 Å². The van der Waals surface area contributed by atoms with E-state index in [1.165, 1.54) is 6.20 Å². The van der Waals surface area contributed by atoms with E-state index in [0.29, 0.717) is 3.57 Å². The molecule has 0 atom stereocenters. The molecule has 0 N–H and O–H groups in total. The lowest BCUT2D eigenvalue weighted by molar-refractivity contribution is 0.612. The standard InChI is InChI=1S/C6H5FIN/c1-4-2-6(8)5(7)3-9-4/h2-3H,1H3. The van der Waals surface area contributed by atoms with E-state index in [-0.39, 0.29) is 5.82 Å². The van der Waals surface area contributed by atoms with Crippen LogP contribution < -0.4 is 0 Å². The molecule has 1 aromatic heterocycles. The third kappa shape index (κ3) is 1.61. The number of pyridine rings is 1. The molecule has 0 radical (unpaired) electrons. The van der Waals surface area contributed by atoms with Gasteiger partial charge in [-0.25, -0.2) is 4.39 Å². The van der Waals surface area contributed by atoms with Gasteiger partial charge in [-0.05, 0) is 35.6 Å². The zero-order valence-electron chi connectivity index (χ0n) is 4.86. The van der Waals surface area contributed by atoms with Gasteiger partial charge in [0.05, 0.1) is 9.77 Å². The molecule has 1 heterocycles. The van der Waals surface area contributed by atoms with E-state index in [1.807, 2.05) is 29.5 Å². The Labute approximate surface area is 66.4 Å². The molecule has 0 fully saturated rings. The van der Waals surface area contributed by atoms with Crippen molar-refractivity contribution < 1.29 is 4.39 Å². The average Bonchev–Trinajstić information content (AvgIpc) is 1.80. The van der Waals surface area contributed by atoms with Crippen molar-refractivity contribution in [1.29, 1.82) is 0 Å². The monoisotopic (exact) mass is 237 g/mol. The fourth-order valence-electron chi connectivity index (χ4n) is 0.510. The smallest absolute Gasteiger partial charge is 0.154 e. The Bertz CT molecular complexity index is 224. The van der Waals surface area contributed by atoms with Crippen LogP contribution >= 0.6 is 22.6 Å². The Kier molecular flexibility index (Phi) is 2.00. The first-order valence-corrected chi connectivity index (χ1v) is 3.55. The summed E-state index contributed by atoms with van der Waals surface area (Å²) >= 11 is 1.93. The van der Waals surface area contributed by atoms with Crippen LogP contribution in [0, 0.1) is 16.3 Å². The summed E-state index contributed by atoms with van der Waals surface area (Å²) in [5.41, 5.74) is 0.848. The van der Waals surface area contributed by atoms with E-state index in [4.69, 9.17) is 0 Å². The van der Waals surface area contributed by atoms with Gasteiger partial charge in [0.1, 0.15) is 0 Å². The topological polar surface area (TPSA) is 12.9 Å². The molecule has 0 spiro atoms. The maximum Gasteiger partial charge on any atom is 0.154 e. The summed E-state index contributed by atoms with van der Waals surface area (Å²) in [5, 5.41) is 0. The summed E-state index contributed by atoms with van der Waals surface area (Å²) in [7, 11) is 0. The molecule has 48 valence electrons. The normalized spacial score (nSPS) is 9.67. The highest BCUT2D eigenvalue weighted by molar-refractivity contribution is 14.1. The molecule has 0 amide bonds. The van der Waals surface area contributed by atoms with Crippen molar-refractivity contribution >= 4 is 22.6 Å². The fraction of sp³-hybridized carbons (Fsp3) is 0.167. The maximum absolute atomic E-state index is 12.4. The molecule has 3 heteroatoms. The van der Waals surface area contributed by atoms with Crippen LogP contribution in [0.2, 0.25) is 0 Å². The van der Waals surface area contributed by atoms with Crippen molar-refractivity contribution in [3.63, 3.8) is 0 Å². The van der Waals surface area contributed by atoms with Gasteiger partial charge in [-0.2, -0.15) is 0 Å². The number of rotatable bonds is 0. The molecule has 0 aromatic carbocycles. The van der Waals surface area contributed by atoms with Gasteiger partial charge in [0.25, 0.3) is 0 Å². The average molecular weight is 237 g/mol. The van der Waals surface area contributed by atoms with Crippen molar-refractivity contribution in [2.75, 3.05) is 0 Å². The van der Waals surface area contributed by atoms with Gasteiger partial charge in [0.2, 0.25) is 0 Å². The van der Waals surface area contributed by atoms with E-state index in [9.17, 15) is 4.39 Å². The minimum Gasteiger partial charge on any atom is -0.258 e. The Morgan fingerprint density at radius 2 is 2.33 bits per heavy atom. The molecule has 1 rings (SSSR count). The summed E-state index contributed by atoms with van der Waals surface area (Å²) in [6, 6.07) is 1.70. The van der Waals surface area contributed by atoms with Crippen molar-refractivity contribution in [2.45, 2.75) is 6.92 Å². The van der Waals surface area contributed by atoms with E-state index in [1.54, 1.807) is 6.07 Å². The summed E-state index contributed by atoms with van der Waals surface area (Å²) < 4.78 is 13.1. The third-order valence-corrected chi connectivity index (χ3v) is 1.77. The second kappa shape index (κ2) is 2.60. The molecule has 0 saturated heterocycles. The highest BCUT2D eigenvalue weighted by Gasteiger charge is 1.96. The first-order valence-electron chi connectivity index (χ1n) is 2.48. The molecule has 1 nitrogen and oxygen atoms in total. The molecule has 0 bridgehead atoms. The van der Waals surface area contributed by atoms with E-state index in [0.717, 1.165) is 5.69 Å². The predicted octanol–water partition coefficient (Wildman–Crippen LogP) is 2.13. The van der Waals surface area contributed by atoms with Crippen LogP contribution in [0.25, 0.3) is 0 Å². The lowest BCUT2D eigenvalue weighted by Crippen LogP contribution is -1.86. The molecule has 1 aromatic rings. The van der Waals surface area contributed by atoms with Crippen molar-refractivity contribution in [1.82, 2.24) is 4.98 Å². The molecular weight excluding hydrogens is 232 g/mol. The van der Waals surface area contributed by atoms with Crippen LogP contribution in [0.15, 0.2) is 12.3 Å². The quantitative estimate of drug-likeness (QED) is 0.630. The number of aryl methyl sites for hydroxylation is 1. The lowest BCUT2D eigenvalue weighted by Gasteiger charge is -1.92. The van der Waals surface area contributed by atoms with Gasteiger partial charge in [-0.1, -0.05) is 0 Å². The number of aromatic nitrogens is 1. The summed E-state index contributed by atoms with van der Waals surface area (Å²) in [6.07, 6.45) is 1.23. The minimum absolute atomic E-state index is 0.249. The zero-order chi connectivity index (χ0) is 6.85. The number of nitrogens with zero attached hydrogens (tertiary/aromatic N) is 1. The first kappa shape index (κ1) is 6.92. The van der Waals surface area contributed by atoms with Crippen LogP contribution in [-0.2, 0) is 0 Å². The van der Waals surface area contributed by atoms with Crippen molar-refractivity contribution in [3.8, 4) is 0 Å². The summed E-state index contributed by atoms with van der Waals surface area (Å²) in [5.74, 6) is -0.249. The van der Waals surface area contributed by atoms with Crippen molar-refractivity contribution in [3.05, 3.63) is 27.3 Å². The van der Waals surface area contributed by atoms with E-state index in [2.05, 4.69) is 4.98 Å². The van der Waals surface area contributed by atoms with E-state index < -0.39 is 0 Å². The molecular formula is C6H5FIN. The van der Waals surface area contributed by atoms with Crippen LogP contribution in [0.5, 0.6) is 0 Å². The number of halogens is 2. The fourth-order valence-corrected chi connectivity index (χ4v) is 1.10. The molecule has 0 aliphatic heterocycles. The highest BCUT2D eigenvalue weighted by atomic mass is 127. The molecule has 0 aliphatic rings. The second-order valence-electron chi connectivity index (χ2n) is 1.74. The molecule has 0 aliphatic carbocycles.